The van der Waals surface area contributed by atoms with E-state index in [9.17, 15) is 4.39 Å². The molecular weight excluding hydrogens is 263 g/mol. The summed E-state index contributed by atoms with van der Waals surface area (Å²) in [6.07, 6.45) is 1.74. The lowest BCUT2D eigenvalue weighted by molar-refractivity contribution is 0.584. The van der Waals surface area contributed by atoms with Gasteiger partial charge in [-0.25, -0.2) is 9.37 Å². The van der Waals surface area contributed by atoms with Crippen molar-refractivity contribution < 1.29 is 4.39 Å². The topological polar surface area (TPSA) is 16.1 Å². The van der Waals surface area contributed by atoms with Gasteiger partial charge < -0.3 is 4.90 Å². The molecule has 0 N–H and O–H groups in total. The summed E-state index contributed by atoms with van der Waals surface area (Å²) in [5.74, 6) is 1.05. The number of aromatic nitrogens is 1. The van der Waals surface area contributed by atoms with Crippen LogP contribution in [0.2, 0.25) is 0 Å². The van der Waals surface area contributed by atoms with Crippen LogP contribution in [0, 0.1) is 5.82 Å². The normalized spacial score (nSPS) is 12.2. The number of pyridine rings is 1. The Kier molecular flexibility index (Phi) is 4.38. The van der Waals surface area contributed by atoms with Gasteiger partial charge in [-0.1, -0.05) is 24.3 Å². The molecule has 0 radical (unpaired) electrons. The Labute approximate surface area is 117 Å². The molecule has 1 atom stereocenters. The maximum absolute atomic E-state index is 13.8. The molecule has 1 unspecified atom stereocenters. The average Bonchev–Trinajstić information content (AvgIpc) is 2.46. The molecule has 1 aromatic carbocycles. The lowest BCUT2D eigenvalue weighted by Gasteiger charge is -2.26. The predicted molar refractivity (Wildman–Crippen MR) is 77.0 cm³/mol. The molecular formula is C15H16ClFN2. The SMILES string of the molecule is CC(c1ccccc1F)N(C)c1ccc(CCl)cn1. The van der Waals surface area contributed by atoms with E-state index < -0.39 is 0 Å². The molecule has 2 nitrogen and oxygen atoms in total. The number of rotatable bonds is 4. The van der Waals surface area contributed by atoms with Gasteiger partial charge in [-0.15, -0.1) is 11.6 Å². The maximum atomic E-state index is 13.8. The summed E-state index contributed by atoms with van der Waals surface area (Å²) < 4.78 is 13.8. The van der Waals surface area contributed by atoms with E-state index in [1.54, 1.807) is 18.3 Å². The molecule has 0 saturated heterocycles. The highest BCUT2D eigenvalue weighted by Crippen LogP contribution is 2.25. The highest BCUT2D eigenvalue weighted by molar-refractivity contribution is 6.17. The van der Waals surface area contributed by atoms with Gasteiger partial charge in [-0.05, 0) is 24.6 Å². The van der Waals surface area contributed by atoms with Crippen molar-refractivity contribution in [1.82, 2.24) is 4.98 Å². The first kappa shape index (κ1) is 13.8. The van der Waals surface area contributed by atoms with Crippen LogP contribution in [0.15, 0.2) is 42.6 Å². The number of hydrogen-bond acceptors (Lipinski definition) is 2. The Bertz CT molecular complexity index is 542. The Morgan fingerprint density at radius 3 is 2.58 bits per heavy atom. The van der Waals surface area contributed by atoms with Crippen LogP contribution in [-0.2, 0) is 5.88 Å². The fraction of sp³-hybridized carbons (Fsp3) is 0.267. The zero-order valence-electron chi connectivity index (χ0n) is 11.0. The van der Waals surface area contributed by atoms with E-state index in [1.165, 1.54) is 6.07 Å². The number of anilines is 1. The van der Waals surface area contributed by atoms with Crippen LogP contribution < -0.4 is 4.90 Å². The van der Waals surface area contributed by atoms with Gasteiger partial charge in [0.15, 0.2) is 0 Å². The molecule has 0 amide bonds. The Balaban J connectivity index is 2.23. The minimum Gasteiger partial charge on any atom is -0.353 e. The highest BCUT2D eigenvalue weighted by Gasteiger charge is 2.16. The second-order valence-corrected chi connectivity index (χ2v) is 4.73. The van der Waals surface area contributed by atoms with Gasteiger partial charge in [0.1, 0.15) is 11.6 Å². The molecule has 0 aliphatic heterocycles. The third kappa shape index (κ3) is 3.04. The molecule has 1 aromatic heterocycles. The van der Waals surface area contributed by atoms with Crippen molar-refractivity contribution in [3.63, 3.8) is 0 Å². The molecule has 19 heavy (non-hydrogen) atoms. The highest BCUT2D eigenvalue weighted by atomic mass is 35.5. The summed E-state index contributed by atoms with van der Waals surface area (Å²) in [7, 11) is 1.90. The first-order valence-electron chi connectivity index (χ1n) is 6.11. The Morgan fingerprint density at radius 2 is 2.00 bits per heavy atom. The summed E-state index contributed by atoms with van der Waals surface area (Å²) in [4.78, 5) is 6.29. The molecule has 0 aliphatic carbocycles. The molecule has 2 aromatic rings. The molecule has 0 aliphatic rings. The summed E-state index contributed by atoms with van der Waals surface area (Å²) in [6.45, 7) is 1.95. The lowest BCUT2D eigenvalue weighted by atomic mass is 10.1. The van der Waals surface area contributed by atoms with Crippen molar-refractivity contribution in [2.45, 2.75) is 18.8 Å². The summed E-state index contributed by atoms with van der Waals surface area (Å²) in [5, 5.41) is 0. The molecule has 0 fully saturated rings. The van der Waals surface area contributed by atoms with Crippen LogP contribution >= 0.6 is 11.6 Å². The summed E-state index contributed by atoms with van der Waals surface area (Å²) >= 11 is 5.73. The molecule has 0 bridgehead atoms. The molecule has 0 saturated carbocycles. The zero-order valence-corrected chi connectivity index (χ0v) is 11.7. The summed E-state index contributed by atoms with van der Waals surface area (Å²) in [6, 6.07) is 10.5. The number of alkyl halides is 1. The van der Waals surface area contributed by atoms with E-state index in [1.807, 2.05) is 37.1 Å². The van der Waals surface area contributed by atoms with Crippen molar-refractivity contribution >= 4 is 17.4 Å². The summed E-state index contributed by atoms with van der Waals surface area (Å²) in [5.41, 5.74) is 1.63. The van der Waals surface area contributed by atoms with Crippen molar-refractivity contribution in [2.24, 2.45) is 0 Å². The van der Waals surface area contributed by atoms with Gasteiger partial charge >= 0.3 is 0 Å². The monoisotopic (exact) mass is 278 g/mol. The second-order valence-electron chi connectivity index (χ2n) is 4.47. The molecule has 100 valence electrons. The van der Waals surface area contributed by atoms with Crippen LogP contribution in [0.25, 0.3) is 0 Å². The maximum Gasteiger partial charge on any atom is 0.128 e. The number of nitrogens with zero attached hydrogens (tertiary/aromatic N) is 2. The zero-order chi connectivity index (χ0) is 13.8. The van der Waals surface area contributed by atoms with E-state index in [2.05, 4.69) is 4.98 Å². The Hall–Kier alpha value is -1.61. The smallest absolute Gasteiger partial charge is 0.128 e. The van der Waals surface area contributed by atoms with Gasteiger partial charge in [-0.2, -0.15) is 0 Å². The van der Waals surface area contributed by atoms with Gasteiger partial charge in [0.2, 0.25) is 0 Å². The third-order valence-corrected chi connectivity index (χ3v) is 3.57. The largest absolute Gasteiger partial charge is 0.353 e. The van der Waals surface area contributed by atoms with Crippen molar-refractivity contribution in [1.29, 1.82) is 0 Å². The standard InChI is InChI=1S/C15H16ClFN2/c1-11(13-5-3-4-6-14(13)17)19(2)15-8-7-12(9-16)10-18-15/h3-8,10-11H,9H2,1-2H3. The minimum absolute atomic E-state index is 0.0875. The van der Waals surface area contributed by atoms with Crippen molar-refractivity contribution in [3.05, 3.63) is 59.5 Å². The fourth-order valence-corrected chi connectivity index (χ4v) is 2.08. The molecule has 0 spiro atoms. The van der Waals surface area contributed by atoms with Gasteiger partial charge in [0.05, 0.1) is 6.04 Å². The van der Waals surface area contributed by atoms with Crippen LogP contribution in [0.3, 0.4) is 0 Å². The van der Waals surface area contributed by atoms with Crippen molar-refractivity contribution in [3.8, 4) is 0 Å². The third-order valence-electron chi connectivity index (χ3n) is 3.26. The second kappa shape index (κ2) is 6.02. The predicted octanol–water partition coefficient (Wildman–Crippen LogP) is 4.16. The van der Waals surface area contributed by atoms with E-state index >= 15 is 0 Å². The van der Waals surface area contributed by atoms with Crippen LogP contribution in [0.1, 0.15) is 24.1 Å². The first-order valence-corrected chi connectivity index (χ1v) is 6.65. The van der Waals surface area contributed by atoms with Gasteiger partial charge in [0, 0.05) is 24.7 Å². The van der Waals surface area contributed by atoms with Crippen LogP contribution in [0.5, 0.6) is 0 Å². The Morgan fingerprint density at radius 1 is 1.26 bits per heavy atom. The van der Waals surface area contributed by atoms with Crippen LogP contribution in [-0.4, -0.2) is 12.0 Å². The van der Waals surface area contributed by atoms with E-state index in [0.717, 1.165) is 11.4 Å². The average molecular weight is 279 g/mol. The fourth-order valence-electron chi connectivity index (χ4n) is 1.93. The number of benzene rings is 1. The first-order chi connectivity index (χ1) is 9.13. The number of halogens is 2. The van der Waals surface area contributed by atoms with Crippen LogP contribution in [0.4, 0.5) is 10.2 Å². The molecule has 4 heteroatoms. The number of hydrogen-bond donors (Lipinski definition) is 0. The minimum atomic E-state index is -0.195. The molecule has 1 heterocycles. The van der Waals surface area contributed by atoms with Crippen molar-refractivity contribution in [2.75, 3.05) is 11.9 Å². The quantitative estimate of drug-likeness (QED) is 0.781. The van der Waals surface area contributed by atoms with Gasteiger partial charge in [-0.3, -0.25) is 0 Å². The van der Waals surface area contributed by atoms with E-state index in [0.29, 0.717) is 11.4 Å². The van der Waals surface area contributed by atoms with Gasteiger partial charge in [0.25, 0.3) is 0 Å². The van der Waals surface area contributed by atoms with E-state index in [-0.39, 0.29) is 11.9 Å². The molecule has 2 rings (SSSR count). The lowest BCUT2D eigenvalue weighted by Crippen LogP contribution is -2.23. The van der Waals surface area contributed by atoms with E-state index in [4.69, 9.17) is 11.6 Å².